The van der Waals surface area contributed by atoms with Gasteiger partial charge >= 0.3 is 5.97 Å². The van der Waals surface area contributed by atoms with Crippen LogP contribution in [-0.2, 0) is 4.79 Å². The zero-order valence-electron chi connectivity index (χ0n) is 11.7. The maximum Gasteiger partial charge on any atom is 0.303 e. The molecule has 1 N–H and O–H groups in total. The van der Waals surface area contributed by atoms with Crippen LogP contribution in [-0.4, -0.2) is 47.5 Å². The van der Waals surface area contributed by atoms with Gasteiger partial charge in [-0.15, -0.1) is 0 Å². The number of benzene rings is 1. The second kappa shape index (κ2) is 7.22. The molecule has 0 saturated heterocycles. The number of nitro groups is 1. The third-order valence-electron chi connectivity index (χ3n) is 2.87. The monoisotopic (exact) mass is 296 g/mol. The summed E-state index contributed by atoms with van der Waals surface area (Å²) in [6, 6.07) is 4.12. The number of aliphatic carboxylic acids is 1. The van der Waals surface area contributed by atoms with E-state index >= 15 is 0 Å². The second-order valence-electron chi connectivity index (χ2n) is 4.34. The molecule has 0 unspecified atom stereocenters. The van der Waals surface area contributed by atoms with Gasteiger partial charge in [0, 0.05) is 26.1 Å². The van der Waals surface area contributed by atoms with Gasteiger partial charge < -0.3 is 14.7 Å². The maximum absolute atomic E-state index is 12.3. The molecule has 0 aliphatic carbocycles. The number of hydrogen-bond donors (Lipinski definition) is 1. The van der Waals surface area contributed by atoms with Crippen LogP contribution in [0, 0.1) is 10.1 Å². The van der Waals surface area contributed by atoms with Crippen LogP contribution in [0.5, 0.6) is 5.75 Å². The smallest absolute Gasteiger partial charge is 0.303 e. The molecule has 0 bridgehead atoms. The largest absolute Gasteiger partial charge is 0.496 e. The summed E-state index contributed by atoms with van der Waals surface area (Å²) in [4.78, 5) is 34.4. The first kappa shape index (κ1) is 16.4. The number of carbonyl (C=O) groups is 2. The fraction of sp³-hybridized carbons (Fsp3) is 0.385. The topological polar surface area (TPSA) is 110 Å². The molecule has 1 amide bonds. The summed E-state index contributed by atoms with van der Waals surface area (Å²) in [7, 11) is 2.78. The molecule has 0 atom stereocenters. The molecular formula is C13H16N2O6. The molecule has 0 fully saturated rings. The van der Waals surface area contributed by atoms with Crippen LogP contribution < -0.4 is 4.74 Å². The van der Waals surface area contributed by atoms with Crippen LogP contribution in [0.15, 0.2) is 18.2 Å². The fourth-order valence-corrected chi connectivity index (χ4v) is 1.82. The lowest BCUT2D eigenvalue weighted by Crippen LogP contribution is -2.29. The van der Waals surface area contributed by atoms with Crippen LogP contribution in [0.4, 0.5) is 5.69 Å². The predicted octanol–water partition coefficient (Wildman–Crippen LogP) is 1.54. The molecule has 0 spiro atoms. The van der Waals surface area contributed by atoms with Gasteiger partial charge in [-0.05, 0) is 12.5 Å². The Labute approximate surface area is 121 Å². The number of hydrogen-bond acceptors (Lipinski definition) is 5. The van der Waals surface area contributed by atoms with Crippen molar-refractivity contribution in [1.29, 1.82) is 0 Å². The quantitative estimate of drug-likeness (QED) is 0.603. The minimum Gasteiger partial charge on any atom is -0.496 e. The summed E-state index contributed by atoms with van der Waals surface area (Å²) in [5.74, 6) is -1.43. The number of carboxylic acids is 1. The molecule has 0 aliphatic heterocycles. The van der Waals surface area contributed by atoms with E-state index < -0.39 is 16.8 Å². The summed E-state index contributed by atoms with van der Waals surface area (Å²) >= 11 is 0. The highest BCUT2D eigenvalue weighted by Gasteiger charge is 2.27. The molecule has 0 radical (unpaired) electrons. The van der Waals surface area contributed by atoms with Gasteiger partial charge in [0.05, 0.1) is 12.0 Å². The molecule has 21 heavy (non-hydrogen) atoms. The second-order valence-corrected chi connectivity index (χ2v) is 4.34. The molecule has 114 valence electrons. The molecule has 1 rings (SSSR count). The lowest BCUT2D eigenvalue weighted by molar-refractivity contribution is -0.385. The van der Waals surface area contributed by atoms with E-state index in [9.17, 15) is 19.7 Å². The third-order valence-corrected chi connectivity index (χ3v) is 2.87. The first-order chi connectivity index (χ1) is 9.88. The molecule has 1 aromatic carbocycles. The van der Waals surface area contributed by atoms with Gasteiger partial charge in [-0.25, -0.2) is 0 Å². The summed E-state index contributed by atoms with van der Waals surface area (Å²) < 4.78 is 5.00. The van der Waals surface area contributed by atoms with Gasteiger partial charge in [0.1, 0.15) is 5.75 Å². The first-order valence-corrected chi connectivity index (χ1v) is 6.17. The van der Waals surface area contributed by atoms with Gasteiger partial charge in [-0.2, -0.15) is 0 Å². The third kappa shape index (κ3) is 4.16. The Kier molecular flexibility index (Phi) is 5.65. The van der Waals surface area contributed by atoms with E-state index in [0.29, 0.717) is 0 Å². The van der Waals surface area contributed by atoms with Crippen LogP contribution in [0.25, 0.3) is 0 Å². The number of nitro benzene ring substituents is 1. The molecule has 0 saturated carbocycles. The first-order valence-electron chi connectivity index (χ1n) is 6.17. The fourth-order valence-electron chi connectivity index (χ4n) is 1.82. The highest BCUT2D eigenvalue weighted by molar-refractivity contribution is 6.00. The maximum atomic E-state index is 12.3. The van der Waals surface area contributed by atoms with E-state index in [-0.39, 0.29) is 36.4 Å². The van der Waals surface area contributed by atoms with Crippen molar-refractivity contribution in [3.05, 3.63) is 33.9 Å². The van der Waals surface area contributed by atoms with E-state index in [0.717, 1.165) is 0 Å². The SMILES string of the molecule is COc1cccc([N+](=O)[O-])c1C(=O)N(C)CCCC(=O)O. The van der Waals surface area contributed by atoms with Crippen molar-refractivity contribution >= 4 is 17.6 Å². The number of ether oxygens (including phenoxy) is 1. The average Bonchev–Trinajstić information content (AvgIpc) is 2.44. The summed E-state index contributed by atoms with van der Waals surface area (Å²) in [5.41, 5.74) is -0.479. The van der Waals surface area contributed by atoms with E-state index in [1.165, 1.54) is 37.3 Å². The van der Waals surface area contributed by atoms with Gasteiger partial charge in [0.15, 0.2) is 5.56 Å². The van der Waals surface area contributed by atoms with E-state index in [4.69, 9.17) is 9.84 Å². The number of nitrogens with zero attached hydrogens (tertiary/aromatic N) is 2. The number of methoxy groups -OCH3 is 1. The van der Waals surface area contributed by atoms with Crippen molar-refractivity contribution in [3.8, 4) is 5.75 Å². The van der Waals surface area contributed by atoms with Gasteiger partial charge in [0.2, 0.25) is 0 Å². The Morgan fingerprint density at radius 3 is 2.62 bits per heavy atom. The highest BCUT2D eigenvalue weighted by Crippen LogP contribution is 2.29. The minimum absolute atomic E-state index is 0.0777. The molecule has 0 heterocycles. The van der Waals surface area contributed by atoms with E-state index in [1.807, 2.05) is 0 Å². The van der Waals surface area contributed by atoms with E-state index in [2.05, 4.69) is 0 Å². The van der Waals surface area contributed by atoms with Crippen molar-refractivity contribution in [2.75, 3.05) is 20.7 Å². The molecule has 8 heteroatoms. The van der Waals surface area contributed by atoms with Crippen LogP contribution >= 0.6 is 0 Å². The molecule has 1 aromatic rings. The zero-order chi connectivity index (χ0) is 16.0. The molecule has 0 aliphatic rings. The molecule has 8 nitrogen and oxygen atoms in total. The number of amides is 1. The summed E-state index contributed by atoms with van der Waals surface area (Å²) in [5, 5.41) is 19.6. The minimum atomic E-state index is -0.959. The van der Waals surface area contributed by atoms with Crippen LogP contribution in [0.1, 0.15) is 23.2 Å². The van der Waals surface area contributed by atoms with Gasteiger partial charge in [-0.1, -0.05) is 6.07 Å². The normalized spacial score (nSPS) is 10.0. The van der Waals surface area contributed by atoms with Crippen molar-refractivity contribution in [2.45, 2.75) is 12.8 Å². The van der Waals surface area contributed by atoms with Crippen LogP contribution in [0.3, 0.4) is 0 Å². The standard InChI is InChI=1S/C13H16N2O6/c1-14(8-4-7-11(16)17)13(18)12-9(15(19)20)5-3-6-10(12)21-2/h3,5-6H,4,7-8H2,1-2H3,(H,16,17). The Bertz CT molecular complexity index is 558. The Balaban J connectivity index is 3.00. The summed E-state index contributed by atoms with van der Waals surface area (Å²) in [6.07, 6.45) is 0.187. The van der Waals surface area contributed by atoms with Crippen molar-refractivity contribution in [1.82, 2.24) is 4.90 Å². The van der Waals surface area contributed by atoms with Crippen molar-refractivity contribution in [3.63, 3.8) is 0 Å². The number of rotatable bonds is 7. The average molecular weight is 296 g/mol. The lowest BCUT2D eigenvalue weighted by atomic mass is 10.1. The van der Waals surface area contributed by atoms with Gasteiger partial charge in [0.25, 0.3) is 11.6 Å². The Hall–Kier alpha value is -2.64. The molecule has 0 aromatic heterocycles. The number of carbonyl (C=O) groups excluding carboxylic acids is 1. The number of carboxylic acid groups (broad SMARTS) is 1. The molecular weight excluding hydrogens is 280 g/mol. The van der Waals surface area contributed by atoms with Crippen LogP contribution in [0.2, 0.25) is 0 Å². The van der Waals surface area contributed by atoms with Crippen molar-refractivity contribution in [2.24, 2.45) is 0 Å². The zero-order valence-corrected chi connectivity index (χ0v) is 11.7. The van der Waals surface area contributed by atoms with Crippen molar-refractivity contribution < 1.29 is 24.4 Å². The highest BCUT2D eigenvalue weighted by atomic mass is 16.6. The van der Waals surface area contributed by atoms with Gasteiger partial charge in [-0.3, -0.25) is 19.7 Å². The summed E-state index contributed by atoms with van der Waals surface area (Å²) in [6.45, 7) is 0.181. The van der Waals surface area contributed by atoms with E-state index in [1.54, 1.807) is 0 Å². The Morgan fingerprint density at radius 2 is 2.10 bits per heavy atom. The predicted molar refractivity (Wildman–Crippen MR) is 73.5 cm³/mol. The lowest BCUT2D eigenvalue weighted by Gasteiger charge is -2.18. The Morgan fingerprint density at radius 1 is 1.43 bits per heavy atom.